The van der Waals surface area contributed by atoms with Crippen LogP contribution in [0.4, 0.5) is 4.39 Å². The molecule has 1 saturated heterocycles. The number of hydrogen-bond acceptors (Lipinski definition) is 2. The van der Waals surface area contributed by atoms with Crippen LogP contribution in [0, 0.1) is 5.82 Å². The summed E-state index contributed by atoms with van der Waals surface area (Å²) in [7, 11) is -3.86. The predicted octanol–water partition coefficient (Wildman–Crippen LogP) is 3.87. The Hall–Kier alpha value is -1.43. The SMILES string of the molecule is O=S(=O)(c1ccc(Cl)cc1F)N1CCCC1Cc1ccccc1. The molecular formula is C17H17ClFNO2S. The molecule has 0 N–H and O–H groups in total. The number of benzene rings is 2. The highest BCUT2D eigenvalue weighted by Crippen LogP contribution is 2.30. The third-order valence-corrected chi connectivity index (χ3v) is 6.34. The molecule has 0 bridgehead atoms. The number of halogens is 2. The zero-order valence-electron chi connectivity index (χ0n) is 12.5. The molecule has 1 unspecified atom stereocenters. The largest absolute Gasteiger partial charge is 0.246 e. The number of rotatable bonds is 4. The van der Waals surface area contributed by atoms with Gasteiger partial charge in [0.2, 0.25) is 10.0 Å². The second-order valence-electron chi connectivity index (χ2n) is 5.68. The van der Waals surface area contributed by atoms with E-state index >= 15 is 0 Å². The molecule has 0 spiro atoms. The van der Waals surface area contributed by atoms with Gasteiger partial charge in [0.25, 0.3) is 0 Å². The van der Waals surface area contributed by atoms with E-state index < -0.39 is 15.8 Å². The van der Waals surface area contributed by atoms with Gasteiger partial charge in [-0.05, 0) is 43.0 Å². The Morgan fingerprint density at radius 3 is 2.61 bits per heavy atom. The van der Waals surface area contributed by atoms with Crippen molar-refractivity contribution in [3.8, 4) is 0 Å². The van der Waals surface area contributed by atoms with Crippen molar-refractivity contribution in [2.75, 3.05) is 6.54 Å². The molecule has 6 heteroatoms. The molecule has 2 aromatic rings. The first-order chi connectivity index (χ1) is 11.0. The molecule has 122 valence electrons. The second kappa shape index (κ2) is 6.59. The maximum Gasteiger partial charge on any atom is 0.246 e. The standard InChI is InChI=1S/C17H17ClFNO2S/c18-14-8-9-17(16(19)12-14)23(21,22)20-10-4-7-15(20)11-13-5-2-1-3-6-13/h1-3,5-6,8-9,12,15H,4,7,10-11H2. The maximum atomic E-state index is 14.1. The van der Waals surface area contributed by atoms with Crippen LogP contribution < -0.4 is 0 Å². The number of sulfonamides is 1. The van der Waals surface area contributed by atoms with E-state index in [2.05, 4.69) is 0 Å². The molecule has 2 aromatic carbocycles. The molecule has 1 atom stereocenters. The summed E-state index contributed by atoms with van der Waals surface area (Å²) in [6.07, 6.45) is 2.20. The summed E-state index contributed by atoms with van der Waals surface area (Å²) < 4.78 is 41.1. The van der Waals surface area contributed by atoms with Crippen LogP contribution in [-0.4, -0.2) is 25.3 Å². The highest BCUT2D eigenvalue weighted by molar-refractivity contribution is 7.89. The van der Waals surface area contributed by atoms with Gasteiger partial charge in [0.1, 0.15) is 10.7 Å². The van der Waals surface area contributed by atoms with E-state index in [1.54, 1.807) is 0 Å². The van der Waals surface area contributed by atoms with E-state index in [1.165, 1.54) is 16.4 Å². The number of nitrogens with zero attached hydrogens (tertiary/aromatic N) is 1. The first-order valence-corrected chi connectivity index (χ1v) is 9.31. The molecule has 1 fully saturated rings. The summed E-state index contributed by atoms with van der Waals surface area (Å²) in [6.45, 7) is 0.419. The van der Waals surface area contributed by atoms with Crippen molar-refractivity contribution in [2.45, 2.75) is 30.2 Å². The van der Waals surface area contributed by atoms with Crippen LogP contribution in [0.25, 0.3) is 0 Å². The topological polar surface area (TPSA) is 37.4 Å². The van der Waals surface area contributed by atoms with Crippen molar-refractivity contribution in [2.24, 2.45) is 0 Å². The Kier molecular flexibility index (Phi) is 4.71. The zero-order valence-corrected chi connectivity index (χ0v) is 14.0. The van der Waals surface area contributed by atoms with Crippen LogP contribution in [0.15, 0.2) is 53.4 Å². The van der Waals surface area contributed by atoms with Gasteiger partial charge < -0.3 is 0 Å². The summed E-state index contributed by atoms with van der Waals surface area (Å²) in [6, 6.07) is 13.3. The normalized spacial score (nSPS) is 19.1. The Balaban J connectivity index is 1.89. The Morgan fingerprint density at radius 1 is 1.17 bits per heavy atom. The molecule has 0 amide bonds. The summed E-state index contributed by atoms with van der Waals surface area (Å²) in [4.78, 5) is -0.304. The molecule has 3 rings (SSSR count). The molecule has 0 aliphatic carbocycles. The zero-order chi connectivity index (χ0) is 16.4. The summed E-state index contributed by atoms with van der Waals surface area (Å²) in [5, 5.41) is 0.184. The number of hydrogen-bond donors (Lipinski definition) is 0. The Morgan fingerprint density at radius 2 is 1.91 bits per heavy atom. The fourth-order valence-corrected chi connectivity index (χ4v) is 4.93. The van der Waals surface area contributed by atoms with Crippen LogP contribution in [0.1, 0.15) is 18.4 Å². The minimum absolute atomic E-state index is 0.141. The second-order valence-corrected chi connectivity index (χ2v) is 7.97. The summed E-state index contributed by atoms with van der Waals surface area (Å²) >= 11 is 5.71. The van der Waals surface area contributed by atoms with E-state index in [-0.39, 0.29) is 16.0 Å². The van der Waals surface area contributed by atoms with E-state index in [0.717, 1.165) is 24.5 Å². The Bertz CT molecular complexity index is 795. The lowest BCUT2D eigenvalue weighted by molar-refractivity contribution is 0.383. The van der Waals surface area contributed by atoms with Gasteiger partial charge in [-0.15, -0.1) is 0 Å². The summed E-state index contributed by atoms with van der Waals surface area (Å²) in [5.74, 6) is -0.803. The van der Waals surface area contributed by atoms with Gasteiger partial charge in [0, 0.05) is 17.6 Å². The lowest BCUT2D eigenvalue weighted by Gasteiger charge is -2.24. The summed E-state index contributed by atoms with van der Waals surface area (Å²) in [5.41, 5.74) is 1.08. The van der Waals surface area contributed by atoms with Gasteiger partial charge in [-0.3, -0.25) is 0 Å². The van der Waals surface area contributed by atoms with Crippen LogP contribution in [0.2, 0.25) is 5.02 Å². The average molecular weight is 354 g/mol. The van der Waals surface area contributed by atoms with Crippen LogP contribution in [0.5, 0.6) is 0 Å². The molecule has 1 aliphatic heterocycles. The van der Waals surface area contributed by atoms with Crippen LogP contribution >= 0.6 is 11.6 Å². The lowest BCUT2D eigenvalue weighted by Crippen LogP contribution is -2.37. The first-order valence-electron chi connectivity index (χ1n) is 7.49. The van der Waals surface area contributed by atoms with Crippen molar-refractivity contribution in [3.05, 3.63) is 64.9 Å². The smallest absolute Gasteiger partial charge is 0.207 e. The quantitative estimate of drug-likeness (QED) is 0.836. The van der Waals surface area contributed by atoms with Crippen LogP contribution in [0.3, 0.4) is 0 Å². The third kappa shape index (κ3) is 3.42. The highest BCUT2D eigenvalue weighted by Gasteiger charge is 2.36. The molecule has 23 heavy (non-hydrogen) atoms. The molecule has 0 radical (unpaired) electrons. The predicted molar refractivity (Wildman–Crippen MR) is 88.5 cm³/mol. The maximum absolute atomic E-state index is 14.1. The molecule has 1 aliphatic rings. The minimum Gasteiger partial charge on any atom is -0.207 e. The fraction of sp³-hybridized carbons (Fsp3) is 0.294. The van der Waals surface area contributed by atoms with E-state index in [4.69, 9.17) is 11.6 Å². The van der Waals surface area contributed by atoms with Crippen molar-refractivity contribution < 1.29 is 12.8 Å². The van der Waals surface area contributed by atoms with Crippen molar-refractivity contribution >= 4 is 21.6 Å². The molecular weight excluding hydrogens is 337 g/mol. The van der Waals surface area contributed by atoms with Crippen molar-refractivity contribution in [1.29, 1.82) is 0 Å². The van der Waals surface area contributed by atoms with Gasteiger partial charge in [-0.1, -0.05) is 41.9 Å². The van der Waals surface area contributed by atoms with E-state index in [1.807, 2.05) is 30.3 Å². The lowest BCUT2D eigenvalue weighted by atomic mass is 10.1. The van der Waals surface area contributed by atoms with E-state index in [9.17, 15) is 12.8 Å². The monoisotopic (exact) mass is 353 g/mol. The van der Waals surface area contributed by atoms with Gasteiger partial charge in [-0.25, -0.2) is 12.8 Å². The van der Waals surface area contributed by atoms with E-state index in [0.29, 0.717) is 13.0 Å². The fourth-order valence-electron chi connectivity index (χ4n) is 3.03. The van der Waals surface area contributed by atoms with Gasteiger partial charge in [0.15, 0.2) is 0 Å². The Labute approximate surface area is 140 Å². The third-order valence-electron chi connectivity index (χ3n) is 4.12. The minimum atomic E-state index is -3.86. The van der Waals surface area contributed by atoms with Gasteiger partial charge in [-0.2, -0.15) is 4.31 Å². The average Bonchev–Trinajstić information content (AvgIpc) is 2.97. The highest BCUT2D eigenvalue weighted by atomic mass is 35.5. The van der Waals surface area contributed by atoms with Crippen molar-refractivity contribution in [1.82, 2.24) is 4.31 Å². The first kappa shape index (κ1) is 16.4. The van der Waals surface area contributed by atoms with Gasteiger partial charge in [0.05, 0.1) is 0 Å². The molecule has 1 heterocycles. The molecule has 0 saturated carbocycles. The molecule has 3 nitrogen and oxygen atoms in total. The van der Waals surface area contributed by atoms with Gasteiger partial charge >= 0.3 is 0 Å². The van der Waals surface area contributed by atoms with Crippen LogP contribution in [-0.2, 0) is 16.4 Å². The van der Waals surface area contributed by atoms with Crippen molar-refractivity contribution in [3.63, 3.8) is 0 Å². The molecule has 0 aromatic heterocycles.